The van der Waals surface area contributed by atoms with Crippen molar-refractivity contribution >= 4 is 16.7 Å². The molecule has 0 spiro atoms. The molecule has 3 aromatic carbocycles. The summed E-state index contributed by atoms with van der Waals surface area (Å²) in [6, 6.07) is 22.1. The molecule has 0 amide bonds. The predicted octanol–water partition coefficient (Wildman–Crippen LogP) is 5.73. The number of ether oxygens (including phenoxy) is 3. The molecule has 33 heavy (non-hydrogen) atoms. The van der Waals surface area contributed by atoms with E-state index in [0.29, 0.717) is 26.2 Å². The van der Waals surface area contributed by atoms with Crippen LogP contribution in [0.1, 0.15) is 31.9 Å². The van der Waals surface area contributed by atoms with Crippen LogP contribution in [0.3, 0.4) is 0 Å². The quantitative estimate of drug-likeness (QED) is 0.314. The second-order valence-electron chi connectivity index (χ2n) is 7.52. The summed E-state index contributed by atoms with van der Waals surface area (Å²) in [5.41, 5.74) is 2.96. The number of fused-ring (bicyclic) bond motifs is 1. The summed E-state index contributed by atoms with van der Waals surface area (Å²) in [6.45, 7) is 6.87. The van der Waals surface area contributed by atoms with Gasteiger partial charge in [0, 0.05) is 18.6 Å². The van der Waals surface area contributed by atoms with E-state index < -0.39 is 6.10 Å². The molecule has 4 nitrogen and oxygen atoms in total. The number of benzene rings is 3. The van der Waals surface area contributed by atoms with Crippen molar-refractivity contribution in [3.05, 3.63) is 89.5 Å². The van der Waals surface area contributed by atoms with Crippen LogP contribution in [0.4, 0.5) is 0 Å². The standard InChI is InChI=1S/C29H30O4/c1-4-31-28(29(30)32-5-2)21-23-14-17-26(18-15-23)33-20-19-22(3)13-16-25-11-8-10-24-9-6-7-12-27(24)25/h6-12,14-15,17-19,28H,4-5,20-21H2,1-3H3/b22-19+. The van der Waals surface area contributed by atoms with Crippen molar-refractivity contribution in [3.8, 4) is 17.6 Å². The molecule has 1 atom stereocenters. The molecule has 0 radical (unpaired) electrons. The Morgan fingerprint density at radius 2 is 1.73 bits per heavy atom. The zero-order chi connectivity index (χ0) is 23.5. The zero-order valence-electron chi connectivity index (χ0n) is 19.5. The molecule has 0 aliphatic rings. The molecule has 1 unspecified atom stereocenters. The number of hydrogen-bond donors (Lipinski definition) is 0. The van der Waals surface area contributed by atoms with E-state index in [4.69, 9.17) is 14.2 Å². The first kappa shape index (κ1) is 24.1. The number of allylic oxidation sites excluding steroid dienone is 1. The molecule has 0 aromatic heterocycles. The van der Waals surface area contributed by atoms with E-state index in [2.05, 4.69) is 30.0 Å². The number of carbonyl (C=O) groups excluding carboxylic acids is 1. The maximum Gasteiger partial charge on any atom is 0.335 e. The maximum atomic E-state index is 12.0. The van der Waals surface area contributed by atoms with Crippen molar-refractivity contribution in [2.45, 2.75) is 33.3 Å². The highest BCUT2D eigenvalue weighted by atomic mass is 16.6. The van der Waals surface area contributed by atoms with Crippen LogP contribution in [-0.2, 0) is 20.7 Å². The van der Waals surface area contributed by atoms with Gasteiger partial charge in [-0.3, -0.25) is 0 Å². The largest absolute Gasteiger partial charge is 0.490 e. The average Bonchev–Trinajstić information content (AvgIpc) is 2.83. The Bertz CT molecular complexity index is 1140. The third-order valence-electron chi connectivity index (χ3n) is 5.09. The normalized spacial score (nSPS) is 12.0. The lowest BCUT2D eigenvalue weighted by atomic mass is 10.0. The van der Waals surface area contributed by atoms with Gasteiger partial charge in [-0.15, -0.1) is 0 Å². The Morgan fingerprint density at radius 1 is 0.970 bits per heavy atom. The van der Waals surface area contributed by atoms with Crippen molar-refractivity contribution in [1.29, 1.82) is 0 Å². The molecule has 0 N–H and O–H groups in total. The number of carbonyl (C=O) groups is 1. The third kappa shape index (κ3) is 7.24. The Labute approximate surface area is 196 Å². The molecule has 0 fully saturated rings. The van der Waals surface area contributed by atoms with Crippen LogP contribution >= 0.6 is 0 Å². The van der Waals surface area contributed by atoms with Crippen LogP contribution in [0.5, 0.6) is 5.75 Å². The molecule has 0 saturated heterocycles. The summed E-state index contributed by atoms with van der Waals surface area (Å²) in [5, 5.41) is 2.35. The summed E-state index contributed by atoms with van der Waals surface area (Å²) in [4.78, 5) is 12.0. The smallest absolute Gasteiger partial charge is 0.335 e. The Balaban J connectivity index is 1.56. The molecule has 3 aromatic rings. The zero-order valence-corrected chi connectivity index (χ0v) is 19.5. The molecule has 3 rings (SSSR count). The lowest BCUT2D eigenvalue weighted by Crippen LogP contribution is -2.28. The Kier molecular flexibility index (Phi) is 9.11. The molecular formula is C29H30O4. The molecule has 0 aliphatic heterocycles. The van der Waals surface area contributed by atoms with Crippen molar-refractivity contribution in [2.24, 2.45) is 0 Å². The van der Waals surface area contributed by atoms with E-state index in [1.807, 2.05) is 68.5 Å². The topological polar surface area (TPSA) is 44.8 Å². The minimum Gasteiger partial charge on any atom is -0.490 e. The molecule has 0 saturated carbocycles. The molecule has 170 valence electrons. The number of esters is 1. The predicted molar refractivity (Wildman–Crippen MR) is 132 cm³/mol. The first-order valence-corrected chi connectivity index (χ1v) is 11.3. The van der Waals surface area contributed by atoms with Crippen LogP contribution < -0.4 is 4.74 Å². The van der Waals surface area contributed by atoms with Gasteiger partial charge in [-0.05, 0) is 67.0 Å². The molecule has 4 heteroatoms. The third-order valence-corrected chi connectivity index (χ3v) is 5.09. The second-order valence-corrected chi connectivity index (χ2v) is 7.52. The van der Waals surface area contributed by atoms with Gasteiger partial charge in [0.15, 0.2) is 6.10 Å². The van der Waals surface area contributed by atoms with E-state index in [1.54, 1.807) is 6.92 Å². The lowest BCUT2D eigenvalue weighted by Gasteiger charge is -2.15. The lowest BCUT2D eigenvalue weighted by molar-refractivity contribution is -0.156. The van der Waals surface area contributed by atoms with E-state index in [0.717, 1.165) is 27.8 Å². The van der Waals surface area contributed by atoms with Crippen LogP contribution in [-0.4, -0.2) is 31.9 Å². The van der Waals surface area contributed by atoms with Crippen LogP contribution in [0.25, 0.3) is 10.8 Å². The average molecular weight is 443 g/mol. The van der Waals surface area contributed by atoms with Gasteiger partial charge in [0.1, 0.15) is 12.4 Å². The highest BCUT2D eigenvalue weighted by molar-refractivity contribution is 5.88. The van der Waals surface area contributed by atoms with E-state index in [9.17, 15) is 4.79 Å². The van der Waals surface area contributed by atoms with Crippen LogP contribution in [0, 0.1) is 11.8 Å². The monoisotopic (exact) mass is 442 g/mol. The number of hydrogen-bond acceptors (Lipinski definition) is 4. The SMILES string of the molecule is CCOC(=O)C(Cc1ccc(OC/C=C(\C)C#Cc2cccc3ccccc23)cc1)OCC. The van der Waals surface area contributed by atoms with Gasteiger partial charge in [0.05, 0.1) is 6.61 Å². The van der Waals surface area contributed by atoms with Gasteiger partial charge in [-0.1, -0.05) is 60.4 Å². The van der Waals surface area contributed by atoms with E-state index in [1.165, 1.54) is 5.39 Å². The van der Waals surface area contributed by atoms with Gasteiger partial charge >= 0.3 is 5.97 Å². The summed E-state index contributed by atoms with van der Waals surface area (Å²) < 4.78 is 16.5. The number of rotatable bonds is 9. The van der Waals surface area contributed by atoms with Crippen LogP contribution in [0.2, 0.25) is 0 Å². The molecule has 0 aliphatic carbocycles. The van der Waals surface area contributed by atoms with E-state index >= 15 is 0 Å². The summed E-state index contributed by atoms with van der Waals surface area (Å²) in [6.07, 6.45) is 1.85. The first-order chi connectivity index (χ1) is 16.1. The van der Waals surface area contributed by atoms with Gasteiger partial charge in [0.25, 0.3) is 0 Å². The fourth-order valence-electron chi connectivity index (χ4n) is 3.40. The van der Waals surface area contributed by atoms with Gasteiger partial charge < -0.3 is 14.2 Å². The minimum atomic E-state index is -0.590. The molecule has 0 bridgehead atoms. The van der Waals surface area contributed by atoms with Crippen molar-refractivity contribution in [3.63, 3.8) is 0 Å². The van der Waals surface area contributed by atoms with Crippen LogP contribution in [0.15, 0.2) is 78.4 Å². The molecular weight excluding hydrogens is 412 g/mol. The van der Waals surface area contributed by atoms with Gasteiger partial charge in [-0.2, -0.15) is 0 Å². The van der Waals surface area contributed by atoms with Gasteiger partial charge in [0.2, 0.25) is 0 Å². The highest BCUT2D eigenvalue weighted by Crippen LogP contribution is 2.18. The summed E-state index contributed by atoms with van der Waals surface area (Å²) in [7, 11) is 0. The fraction of sp³-hybridized carbons (Fsp3) is 0.276. The summed E-state index contributed by atoms with van der Waals surface area (Å²) >= 11 is 0. The van der Waals surface area contributed by atoms with Crippen molar-refractivity contribution in [1.82, 2.24) is 0 Å². The van der Waals surface area contributed by atoms with Gasteiger partial charge in [-0.25, -0.2) is 4.79 Å². The highest BCUT2D eigenvalue weighted by Gasteiger charge is 2.20. The fourth-order valence-corrected chi connectivity index (χ4v) is 3.40. The second kappa shape index (κ2) is 12.5. The van der Waals surface area contributed by atoms with E-state index in [-0.39, 0.29) is 5.97 Å². The first-order valence-electron chi connectivity index (χ1n) is 11.3. The minimum absolute atomic E-state index is 0.329. The Morgan fingerprint density at radius 3 is 2.48 bits per heavy atom. The molecule has 0 heterocycles. The Hall–Kier alpha value is -3.55. The van der Waals surface area contributed by atoms with Crippen molar-refractivity contribution < 1.29 is 19.0 Å². The maximum absolute atomic E-state index is 12.0. The summed E-state index contributed by atoms with van der Waals surface area (Å²) in [5.74, 6) is 6.91. The van der Waals surface area contributed by atoms with Crippen molar-refractivity contribution in [2.75, 3.05) is 19.8 Å².